The van der Waals surface area contributed by atoms with Gasteiger partial charge in [0.1, 0.15) is 30.2 Å². The minimum absolute atomic E-state index is 0.0112. The number of fused-ring (bicyclic) bond motifs is 2. The number of benzene rings is 1. The van der Waals surface area contributed by atoms with Crippen LogP contribution in [0.4, 0.5) is 0 Å². The third-order valence-corrected chi connectivity index (χ3v) is 11.4. The quantitative estimate of drug-likeness (QED) is 0.105. The summed E-state index contributed by atoms with van der Waals surface area (Å²) >= 11 is 0. The number of nitrogens with one attached hydrogen (secondary N) is 6. The summed E-state index contributed by atoms with van der Waals surface area (Å²) in [5.41, 5.74) is 12.6. The van der Waals surface area contributed by atoms with Crippen LogP contribution in [0.2, 0.25) is 0 Å². The van der Waals surface area contributed by atoms with Gasteiger partial charge < -0.3 is 53.0 Å². The van der Waals surface area contributed by atoms with Crippen molar-refractivity contribution in [1.82, 2.24) is 36.5 Å². The van der Waals surface area contributed by atoms with Crippen molar-refractivity contribution in [1.29, 1.82) is 0 Å². The topological polar surface area (TPSA) is 288 Å². The van der Waals surface area contributed by atoms with Gasteiger partial charge in [0.25, 0.3) is 0 Å². The molecule has 294 valence electrons. The van der Waals surface area contributed by atoms with E-state index in [4.69, 9.17) is 11.5 Å². The monoisotopic (exact) mass is 789 g/mol. The van der Waals surface area contributed by atoms with Crippen molar-refractivity contribution in [3.8, 4) is 0 Å². The number of unbranched alkanes of at least 4 members (excludes halogenated alkanes) is 1. The Labute approximate surface area is 319 Å². The van der Waals surface area contributed by atoms with E-state index >= 15 is 0 Å². The van der Waals surface area contributed by atoms with Crippen LogP contribution in [-0.2, 0) is 44.8 Å². The lowest BCUT2D eigenvalue weighted by molar-refractivity contribution is -0.143. The molecule has 2 fully saturated rings. The lowest BCUT2D eigenvalue weighted by Gasteiger charge is -2.30. The van der Waals surface area contributed by atoms with Crippen LogP contribution in [0.3, 0.4) is 0 Å². The van der Waals surface area contributed by atoms with Gasteiger partial charge in [-0.2, -0.15) is 0 Å². The summed E-state index contributed by atoms with van der Waals surface area (Å²) in [6.07, 6.45) is 2.81. The summed E-state index contributed by atoms with van der Waals surface area (Å²) in [4.78, 5) is 109. The van der Waals surface area contributed by atoms with Crippen molar-refractivity contribution >= 4 is 79.8 Å². The number of nitrogens with two attached hydrogens (primary N) is 2. The van der Waals surface area contributed by atoms with Gasteiger partial charge in [0.2, 0.25) is 41.4 Å². The van der Waals surface area contributed by atoms with Gasteiger partial charge in [0.05, 0.1) is 13.0 Å². The first-order chi connectivity index (χ1) is 25.9. The van der Waals surface area contributed by atoms with E-state index < -0.39 is 90.5 Å². The zero-order chi connectivity index (χ0) is 39.2. The lowest BCUT2D eigenvalue weighted by Crippen LogP contribution is -2.59. The predicted octanol–water partition coefficient (Wildman–Crippen LogP) is -1.37. The molecule has 0 spiro atoms. The minimum atomic E-state index is -1.66. The SMILES string of the molecule is NCCCC[C@@H]1NC(=O)CCSSCC(C(N)=O)NC(=O)[C@@H]2CCCN2C(=O)[C@H](Cc2c[nH]c3ccccc23)NC(=O)[C@H](CC(=O)O)NC(=O)CNC1=O. The van der Waals surface area contributed by atoms with Gasteiger partial charge >= 0.3 is 5.97 Å². The molecule has 2 aliphatic rings. The van der Waals surface area contributed by atoms with Gasteiger partial charge in [0.15, 0.2) is 0 Å². The number of para-hydroxylation sites is 1. The molecule has 3 heterocycles. The standard InChI is InChI=1S/C34H47N9O9S2/c35-11-4-3-8-22-31(49)38-17-28(45)40-23(15-29(46)47)32(50)41-24(14-19-16-37-21-7-2-1-6-20(19)21)34(52)43-12-5-9-26(43)33(51)42-25(30(36)48)18-54-53-13-10-27(44)39-22/h1-2,6-7,16,22-26,37H,3-5,8-15,17-18,35H2,(H2,36,48)(H,38,49)(H,39,44)(H,40,45)(H,41,50)(H,42,51)(H,46,47)/t22-,23-,24-,25?,26-/m0/s1. The number of H-pyrrole nitrogens is 1. The molecule has 2 aromatic rings. The third-order valence-electron chi connectivity index (χ3n) is 8.99. The molecule has 0 saturated carbocycles. The lowest BCUT2D eigenvalue weighted by atomic mass is 10.0. The van der Waals surface area contributed by atoms with E-state index in [9.17, 15) is 43.5 Å². The predicted molar refractivity (Wildman–Crippen MR) is 201 cm³/mol. The van der Waals surface area contributed by atoms with Gasteiger partial charge in [-0.3, -0.25) is 38.4 Å². The molecule has 18 nitrogen and oxygen atoms in total. The number of carbonyl (C=O) groups excluding carboxylic acids is 7. The van der Waals surface area contributed by atoms with Crippen LogP contribution in [0, 0.1) is 0 Å². The molecule has 1 unspecified atom stereocenters. The second-order valence-electron chi connectivity index (χ2n) is 13.0. The minimum Gasteiger partial charge on any atom is -0.481 e. The molecule has 4 rings (SSSR count). The highest BCUT2D eigenvalue weighted by Crippen LogP contribution is 2.25. The average Bonchev–Trinajstić information content (AvgIpc) is 3.79. The van der Waals surface area contributed by atoms with E-state index in [1.165, 1.54) is 26.5 Å². The molecule has 7 amide bonds. The number of hydrogen-bond acceptors (Lipinski definition) is 11. The zero-order valence-corrected chi connectivity index (χ0v) is 31.2. The van der Waals surface area contributed by atoms with Gasteiger partial charge in [-0.15, -0.1) is 0 Å². The van der Waals surface area contributed by atoms with E-state index in [-0.39, 0.29) is 38.0 Å². The molecule has 0 bridgehead atoms. The number of aromatic amines is 1. The fourth-order valence-electron chi connectivity index (χ4n) is 6.22. The number of hydrogen-bond donors (Lipinski definition) is 9. The van der Waals surface area contributed by atoms with Crippen LogP contribution in [0.5, 0.6) is 0 Å². The molecule has 1 aromatic carbocycles. The second-order valence-corrected chi connectivity index (χ2v) is 15.6. The van der Waals surface area contributed by atoms with Crippen LogP contribution in [0.25, 0.3) is 10.9 Å². The molecule has 20 heteroatoms. The largest absolute Gasteiger partial charge is 0.481 e. The molecule has 2 saturated heterocycles. The number of nitrogens with zero attached hydrogens (tertiary/aromatic N) is 1. The molecule has 0 aliphatic carbocycles. The first-order valence-corrected chi connectivity index (χ1v) is 20.1. The number of primary amides is 1. The highest BCUT2D eigenvalue weighted by Gasteiger charge is 2.40. The van der Waals surface area contributed by atoms with Gasteiger partial charge in [-0.1, -0.05) is 39.8 Å². The smallest absolute Gasteiger partial charge is 0.305 e. The van der Waals surface area contributed by atoms with Crippen LogP contribution < -0.4 is 38.1 Å². The fraction of sp³-hybridized carbons (Fsp3) is 0.529. The van der Waals surface area contributed by atoms with E-state index in [0.717, 1.165) is 10.9 Å². The van der Waals surface area contributed by atoms with Crippen molar-refractivity contribution < 1.29 is 43.5 Å². The molecule has 11 N–H and O–H groups in total. The Morgan fingerprint density at radius 3 is 2.39 bits per heavy atom. The van der Waals surface area contributed by atoms with E-state index in [0.29, 0.717) is 37.1 Å². The maximum Gasteiger partial charge on any atom is 0.305 e. The number of carbonyl (C=O) groups is 8. The first-order valence-electron chi connectivity index (χ1n) is 17.7. The zero-order valence-electron chi connectivity index (χ0n) is 29.6. The molecule has 2 aliphatic heterocycles. The number of rotatable bonds is 9. The normalized spacial score (nSPS) is 24.5. The summed E-state index contributed by atoms with van der Waals surface area (Å²) in [6, 6.07) is 1.22. The fourth-order valence-corrected chi connectivity index (χ4v) is 8.38. The average molecular weight is 790 g/mol. The van der Waals surface area contributed by atoms with Crippen molar-refractivity contribution in [3.63, 3.8) is 0 Å². The molecular formula is C34H47N9O9S2. The Morgan fingerprint density at radius 2 is 1.65 bits per heavy atom. The van der Waals surface area contributed by atoms with Crippen LogP contribution >= 0.6 is 21.6 Å². The number of carboxylic acid groups (broad SMARTS) is 1. The maximum absolute atomic E-state index is 14.3. The van der Waals surface area contributed by atoms with Gasteiger partial charge in [-0.25, -0.2) is 0 Å². The molecule has 1 aromatic heterocycles. The van der Waals surface area contributed by atoms with E-state index in [1.54, 1.807) is 12.3 Å². The summed E-state index contributed by atoms with van der Waals surface area (Å²) in [6.45, 7) is -0.111. The van der Waals surface area contributed by atoms with E-state index in [2.05, 4.69) is 31.6 Å². The Hall–Kier alpha value is -4.82. The Morgan fingerprint density at radius 1 is 0.889 bits per heavy atom. The maximum atomic E-state index is 14.3. The highest BCUT2D eigenvalue weighted by molar-refractivity contribution is 8.76. The van der Waals surface area contributed by atoms with Crippen molar-refractivity contribution in [3.05, 3.63) is 36.0 Å². The summed E-state index contributed by atoms with van der Waals surface area (Å²) in [7, 11) is 2.48. The number of amides is 7. The van der Waals surface area contributed by atoms with Gasteiger partial charge in [0, 0.05) is 48.0 Å². The summed E-state index contributed by atoms with van der Waals surface area (Å²) in [5.74, 6) is -6.06. The van der Waals surface area contributed by atoms with Crippen molar-refractivity contribution in [2.24, 2.45) is 11.5 Å². The van der Waals surface area contributed by atoms with Gasteiger partial charge in [-0.05, 0) is 50.3 Å². The molecule has 0 radical (unpaired) electrons. The number of aromatic nitrogens is 1. The summed E-state index contributed by atoms with van der Waals surface area (Å²) in [5, 5.41) is 23.1. The van der Waals surface area contributed by atoms with E-state index in [1.807, 2.05) is 18.2 Å². The molecule has 5 atom stereocenters. The summed E-state index contributed by atoms with van der Waals surface area (Å²) < 4.78 is 0. The number of carboxylic acids is 1. The molecular weight excluding hydrogens is 743 g/mol. The van der Waals surface area contributed by atoms with Crippen molar-refractivity contribution in [2.75, 3.05) is 31.1 Å². The molecule has 54 heavy (non-hydrogen) atoms. The second kappa shape index (κ2) is 20.6. The Balaban J connectivity index is 1.64. The van der Waals surface area contributed by atoms with Crippen LogP contribution in [-0.4, -0.2) is 124 Å². The van der Waals surface area contributed by atoms with Crippen LogP contribution in [0.1, 0.15) is 50.5 Å². The number of aliphatic carboxylic acids is 1. The highest BCUT2D eigenvalue weighted by atomic mass is 33.1. The Kier molecular flexibility index (Phi) is 16.0. The first kappa shape index (κ1) is 41.9. The van der Waals surface area contributed by atoms with Crippen LogP contribution in [0.15, 0.2) is 30.5 Å². The third kappa shape index (κ3) is 12.1. The Bertz CT molecular complexity index is 1710. The van der Waals surface area contributed by atoms with Crippen molar-refractivity contribution in [2.45, 2.75) is 81.6 Å².